The monoisotopic (exact) mass is 443 g/mol. The number of nitrogens with zero attached hydrogens (tertiary/aromatic N) is 4. The van der Waals surface area contributed by atoms with Crippen LogP contribution in [0.1, 0.15) is 50.8 Å². The summed E-state index contributed by atoms with van der Waals surface area (Å²) in [6, 6.07) is 7.63. The molecular formula is C20H22BrN5O2. The van der Waals surface area contributed by atoms with Crippen LogP contribution in [0.25, 0.3) is 10.8 Å². The number of hydrogen-bond acceptors (Lipinski definition) is 4. The van der Waals surface area contributed by atoms with Gasteiger partial charge in [-0.15, -0.1) is 0 Å². The zero-order valence-corrected chi connectivity index (χ0v) is 17.4. The van der Waals surface area contributed by atoms with Crippen LogP contribution in [-0.2, 0) is 11.3 Å². The predicted molar refractivity (Wildman–Crippen MR) is 112 cm³/mol. The first-order valence-corrected chi connectivity index (χ1v) is 10.3. The second-order valence-corrected chi connectivity index (χ2v) is 8.40. The largest absolute Gasteiger partial charge is 0.309 e. The number of aromatic nitrogens is 4. The van der Waals surface area contributed by atoms with Crippen LogP contribution in [0.5, 0.6) is 0 Å². The zero-order valence-electron chi connectivity index (χ0n) is 15.9. The number of halogens is 1. The highest BCUT2D eigenvalue weighted by Crippen LogP contribution is 2.33. The molecule has 1 saturated carbocycles. The number of benzene rings is 1. The second-order valence-electron chi connectivity index (χ2n) is 7.49. The quantitative estimate of drug-likeness (QED) is 0.649. The van der Waals surface area contributed by atoms with Gasteiger partial charge in [0.05, 0.1) is 23.3 Å². The molecule has 146 valence electrons. The van der Waals surface area contributed by atoms with E-state index in [0.717, 1.165) is 28.4 Å². The van der Waals surface area contributed by atoms with E-state index in [9.17, 15) is 9.59 Å². The van der Waals surface area contributed by atoms with E-state index in [4.69, 9.17) is 0 Å². The van der Waals surface area contributed by atoms with Crippen molar-refractivity contribution >= 4 is 38.4 Å². The second kappa shape index (κ2) is 7.50. The Morgan fingerprint density at radius 3 is 2.75 bits per heavy atom. The highest BCUT2D eigenvalue weighted by atomic mass is 79.9. The molecule has 3 aromatic rings. The first-order chi connectivity index (χ1) is 13.4. The SMILES string of the molecule is CC(C)c1nn(CC(=O)Nc2ccnn2C2CCC2)c(=O)c2ccc(Br)cc12. The number of nitrogens with one attached hydrogen (secondary N) is 1. The van der Waals surface area contributed by atoms with Crippen molar-refractivity contribution in [3.63, 3.8) is 0 Å². The molecule has 1 aromatic carbocycles. The fraction of sp³-hybridized carbons (Fsp3) is 0.400. The van der Waals surface area contributed by atoms with Gasteiger partial charge in [-0.2, -0.15) is 10.2 Å². The van der Waals surface area contributed by atoms with E-state index in [-0.39, 0.29) is 23.9 Å². The molecule has 0 radical (unpaired) electrons. The van der Waals surface area contributed by atoms with Gasteiger partial charge in [-0.05, 0) is 43.4 Å². The molecule has 0 bridgehead atoms. The summed E-state index contributed by atoms with van der Waals surface area (Å²) in [6.07, 6.45) is 5.01. The molecule has 0 atom stereocenters. The zero-order chi connectivity index (χ0) is 19.8. The number of fused-ring (bicyclic) bond motifs is 1. The summed E-state index contributed by atoms with van der Waals surface area (Å²) < 4.78 is 4.00. The van der Waals surface area contributed by atoms with Crippen molar-refractivity contribution in [2.75, 3.05) is 5.32 Å². The maximum atomic E-state index is 12.9. The molecule has 1 amide bonds. The van der Waals surface area contributed by atoms with Crippen LogP contribution in [0.2, 0.25) is 0 Å². The van der Waals surface area contributed by atoms with Crippen LogP contribution in [0.4, 0.5) is 5.82 Å². The molecule has 0 aliphatic heterocycles. The van der Waals surface area contributed by atoms with Gasteiger partial charge in [-0.1, -0.05) is 29.8 Å². The number of anilines is 1. The fourth-order valence-electron chi connectivity index (χ4n) is 3.47. The molecule has 2 heterocycles. The number of carbonyl (C=O) groups is 1. The summed E-state index contributed by atoms with van der Waals surface area (Å²) in [5.74, 6) is 0.491. The van der Waals surface area contributed by atoms with Crippen LogP contribution in [0, 0.1) is 0 Å². The number of hydrogen-bond donors (Lipinski definition) is 1. The lowest BCUT2D eigenvalue weighted by molar-refractivity contribution is -0.117. The van der Waals surface area contributed by atoms with Crippen LogP contribution >= 0.6 is 15.9 Å². The van der Waals surface area contributed by atoms with E-state index < -0.39 is 0 Å². The Morgan fingerprint density at radius 1 is 1.29 bits per heavy atom. The van der Waals surface area contributed by atoms with E-state index in [2.05, 4.69) is 31.4 Å². The van der Waals surface area contributed by atoms with Gasteiger partial charge in [0.2, 0.25) is 5.91 Å². The number of amides is 1. The van der Waals surface area contributed by atoms with Crippen molar-refractivity contribution < 1.29 is 4.79 Å². The summed E-state index contributed by atoms with van der Waals surface area (Å²) >= 11 is 3.45. The topological polar surface area (TPSA) is 81.8 Å². The maximum absolute atomic E-state index is 12.9. The predicted octanol–water partition coefficient (Wildman–Crippen LogP) is 3.84. The van der Waals surface area contributed by atoms with E-state index >= 15 is 0 Å². The minimum absolute atomic E-state index is 0.117. The van der Waals surface area contributed by atoms with Crippen molar-refractivity contribution in [1.82, 2.24) is 19.6 Å². The van der Waals surface area contributed by atoms with Crippen molar-refractivity contribution in [1.29, 1.82) is 0 Å². The van der Waals surface area contributed by atoms with E-state index in [1.54, 1.807) is 18.3 Å². The molecule has 1 aliphatic carbocycles. The molecule has 8 heteroatoms. The van der Waals surface area contributed by atoms with Crippen LogP contribution in [0.3, 0.4) is 0 Å². The first-order valence-electron chi connectivity index (χ1n) is 9.47. The Bertz CT molecular complexity index is 1100. The molecule has 28 heavy (non-hydrogen) atoms. The molecule has 0 saturated heterocycles. The van der Waals surface area contributed by atoms with Gasteiger partial charge in [0.25, 0.3) is 5.56 Å². The van der Waals surface area contributed by atoms with Crippen LogP contribution in [0.15, 0.2) is 39.7 Å². The van der Waals surface area contributed by atoms with Gasteiger partial charge in [-0.25, -0.2) is 9.36 Å². The summed E-state index contributed by atoms with van der Waals surface area (Å²) in [5, 5.41) is 13.1. The normalized spacial score (nSPS) is 14.4. The van der Waals surface area contributed by atoms with E-state index in [0.29, 0.717) is 17.2 Å². The number of carbonyl (C=O) groups excluding carboxylic acids is 1. The average Bonchev–Trinajstić information content (AvgIpc) is 3.03. The van der Waals surface area contributed by atoms with Gasteiger partial charge in [0.1, 0.15) is 12.4 Å². The Balaban J connectivity index is 1.63. The smallest absolute Gasteiger partial charge is 0.275 e. The van der Waals surface area contributed by atoms with Gasteiger partial charge in [0.15, 0.2) is 0 Å². The summed E-state index contributed by atoms with van der Waals surface area (Å²) in [4.78, 5) is 25.5. The minimum atomic E-state index is -0.290. The summed E-state index contributed by atoms with van der Waals surface area (Å²) in [6.45, 7) is 3.91. The fourth-order valence-corrected chi connectivity index (χ4v) is 3.83. The third kappa shape index (κ3) is 3.48. The van der Waals surface area contributed by atoms with Crippen molar-refractivity contribution in [2.45, 2.75) is 51.6 Å². The Hall–Kier alpha value is -2.48. The molecule has 1 aliphatic rings. The Morgan fingerprint density at radius 2 is 2.07 bits per heavy atom. The highest BCUT2D eigenvalue weighted by molar-refractivity contribution is 9.10. The third-order valence-corrected chi connectivity index (χ3v) is 5.64. The van der Waals surface area contributed by atoms with Crippen molar-refractivity contribution in [3.8, 4) is 0 Å². The molecule has 0 unspecified atom stereocenters. The highest BCUT2D eigenvalue weighted by Gasteiger charge is 2.23. The molecule has 1 fully saturated rings. The summed E-state index contributed by atoms with van der Waals surface area (Å²) in [5.41, 5.74) is 0.526. The third-order valence-electron chi connectivity index (χ3n) is 5.15. The first kappa shape index (κ1) is 18.9. The van der Waals surface area contributed by atoms with Crippen LogP contribution in [-0.4, -0.2) is 25.5 Å². The van der Waals surface area contributed by atoms with E-state index in [1.165, 1.54) is 11.1 Å². The Kier molecular flexibility index (Phi) is 5.05. The number of rotatable bonds is 5. The molecule has 4 rings (SSSR count). The van der Waals surface area contributed by atoms with Gasteiger partial charge < -0.3 is 5.32 Å². The molecule has 2 aromatic heterocycles. The lowest BCUT2D eigenvalue weighted by atomic mass is 9.93. The molecule has 1 N–H and O–H groups in total. The average molecular weight is 444 g/mol. The molecular weight excluding hydrogens is 422 g/mol. The van der Waals surface area contributed by atoms with Crippen LogP contribution < -0.4 is 10.9 Å². The minimum Gasteiger partial charge on any atom is -0.309 e. The summed E-state index contributed by atoms with van der Waals surface area (Å²) in [7, 11) is 0. The lowest BCUT2D eigenvalue weighted by Gasteiger charge is -2.27. The van der Waals surface area contributed by atoms with E-state index in [1.807, 2.05) is 30.7 Å². The standard InChI is InChI=1S/C20H22BrN5O2/c1-12(2)19-16-10-13(21)6-7-15(16)20(28)25(24-19)11-18(27)23-17-8-9-22-26(17)14-4-3-5-14/h6-10,12,14H,3-5,11H2,1-2H3,(H,23,27). The maximum Gasteiger partial charge on any atom is 0.275 e. The molecule has 0 spiro atoms. The van der Waals surface area contributed by atoms with Gasteiger partial charge in [0, 0.05) is 15.9 Å². The molecule has 7 nitrogen and oxygen atoms in total. The van der Waals surface area contributed by atoms with Gasteiger partial charge in [-0.3, -0.25) is 9.59 Å². The Labute approximate surface area is 170 Å². The van der Waals surface area contributed by atoms with Gasteiger partial charge >= 0.3 is 0 Å². The van der Waals surface area contributed by atoms with Crippen molar-refractivity contribution in [3.05, 3.63) is 51.0 Å². The van der Waals surface area contributed by atoms with Crippen molar-refractivity contribution in [2.24, 2.45) is 0 Å². The lowest BCUT2D eigenvalue weighted by Crippen LogP contribution is -2.32.